The van der Waals surface area contributed by atoms with Gasteiger partial charge in [0.05, 0.1) is 0 Å². The van der Waals surface area contributed by atoms with E-state index in [1.54, 1.807) is 6.07 Å². The Hall–Kier alpha value is -0.430. The number of thiophene rings is 1. The molecule has 110 valence electrons. The summed E-state index contributed by atoms with van der Waals surface area (Å²) in [6.45, 7) is 10.4. The normalized spacial score (nSPS) is 12.8. The number of hydrogen-bond acceptors (Lipinski definition) is 4. The van der Waals surface area contributed by atoms with Crippen molar-refractivity contribution in [1.82, 2.24) is 10.0 Å². The lowest BCUT2D eigenvalue weighted by Gasteiger charge is -2.17. The molecule has 4 nitrogen and oxygen atoms in total. The maximum absolute atomic E-state index is 12.1. The predicted molar refractivity (Wildman–Crippen MR) is 81.0 cm³/mol. The van der Waals surface area contributed by atoms with Crippen LogP contribution < -0.4 is 10.0 Å². The Bertz CT molecular complexity index is 487. The van der Waals surface area contributed by atoms with Crippen LogP contribution >= 0.6 is 11.3 Å². The molecule has 0 amide bonds. The largest absolute Gasteiger partial charge is 0.312 e. The number of sulfonamides is 1. The Morgan fingerprint density at radius 1 is 1.26 bits per heavy atom. The van der Waals surface area contributed by atoms with E-state index in [1.165, 1.54) is 11.3 Å². The minimum Gasteiger partial charge on any atom is -0.312 e. The zero-order valence-electron chi connectivity index (χ0n) is 12.1. The third kappa shape index (κ3) is 6.03. The van der Waals surface area contributed by atoms with Crippen LogP contribution in [0.4, 0.5) is 0 Å². The summed E-state index contributed by atoms with van der Waals surface area (Å²) in [5, 5.41) is 3.19. The molecule has 1 aromatic rings. The molecule has 0 radical (unpaired) electrons. The summed E-state index contributed by atoms with van der Waals surface area (Å²) in [7, 11) is -3.35. The van der Waals surface area contributed by atoms with E-state index < -0.39 is 10.0 Å². The van der Waals surface area contributed by atoms with Crippen molar-refractivity contribution in [2.75, 3.05) is 13.1 Å². The van der Waals surface area contributed by atoms with E-state index in [-0.39, 0.29) is 5.41 Å². The van der Waals surface area contributed by atoms with Crippen LogP contribution in [0.3, 0.4) is 0 Å². The molecule has 19 heavy (non-hydrogen) atoms. The first-order valence-corrected chi connectivity index (χ1v) is 8.84. The van der Waals surface area contributed by atoms with Gasteiger partial charge in [0.1, 0.15) is 4.21 Å². The molecular formula is C13H24N2O2S2. The summed E-state index contributed by atoms with van der Waals surface area (Å²) in [5.41, 5.74) is 0.133. The number of hydrogen-bond donors (Lipinski definition) is 2. The van der Waals surface area contributed by atoms with E-state index in [0.29, 0.717) is 10.8 Å². The van der Waals surface area contributed by atoms with E-state index in [9.17, 15) is 8.42 Å². The van der Waals surface area contributed by atoms with Gasteiger partial charge in [0.15, 0.2) is 0 Å². The molecule has 0 spiro atoms. The summed E-state index contributed by atoms with van der Waals surface area (Å²) in [4.78, 5) is 1.04. The molecule has 0 aromatic carbocycles. The van der Waals surface area contributed by atoms with Crippen LogP contribution in [0.25, 0.3) is 0 Å². The van der Waals surface area contributed by atoms with Gasteiger partial charge >= 0.3 is 0 Å². The van der Waals surface area contributed by atoms with Gasteiger partial charge in [-0.15, -0.1) is 11.3 Å². The second kappa shape index (κ2) is 6.83. The summed E-state index contributed by atoms with van der Waals surface area (Å²) in [5.74, 6) is 0. The molecule has 1 rings (SSSR count). The predicted octanol–water partition coefficient (Wildman–Crippen LogP) is 2.57. The van der Waals surface area contributed by atoms with Crippen LogP contribution in [0, 0.1) is 5.41 Å². The number of rotatable bonds is 7. The molecule has 2 N–H and O–H groups in total. The van der Waals surface area contributed by atoms with Crippen molar-refractivity contribution in [3.63, 3.8) is 0 Å². The van der Waals surface area contributed by atoms with Crippen molar-refractivity contribution in [2.45, 2.75) is 44.9 Å². The van der Waals surface area contributed by atoms with Gasteiger partial charge in [-0.25, -0.2) is 13.1 Å². The maximum atomic E-state index is 12.1. The fraction of sp³-hybridized carbons (Fsp3) is 0.692. The van der Waals surface area contributed by atoms with Gasteiger partial charge in [-0.2, -0.15) is 0 Å². The third-order valence-electron chi connectivity index (χ3n) is 2.62. The topological polar surface area (TPSA) is 58.2 Å². The molecular weight excluding hydrogens is 280 g/mol. The molecule has 0 fully saturated rings. The smallest absolute Gasteiger partial charge is 0.250 e. The highest BCUT2D eigenvalue weighted by Crippen LogP contribution is 2.22. The average molecular weight is 304 g/mol. The van der Waals surface area contributed by atoms with Crippen LogP contribution in [-0.2, 0) is 16.6 Å². The molecule has 0 unspecified atom stereocenters. The maximum Gasteiger partial charge on any atom is 0.250 e. The molecule has 1 heterocycles. The molecule has 0 aliphatic carbocycles. The van der Waals surface area contributed by atoms with E-state index in [1.807, 2.05) is 13.0 Å². The van der Waals surface area contributed by atoms with Gasteiger partial charge in [0, 0.05) is 18.0 Å². The summed E-state index contributed by atoms with van der Waals surface area (Å²) in [6, 6.07) is 3.54. The van der Waals surface area contributed by atoms with Crippen molar-refractivity contribution in [3.05, 3.63) is 17.0 Å². The second-order valence-electron chi connectivity index (χ2n) is 5.71. The Kier molecular flexibility index (Phi) is 5.98. The Balaban J connectivity index is 2.59. The highest BCUT2D eigenvalue weighted by atomic mass is 32.2. The molecule has 0 atom stereocenters. The van der Waals surface area contributed by atoms with Gasteiger partial charge in [-0.05, 0) is 30.5 Å². The van der Waals surface area contributed by atoms with Crippen molar-refractivity contribution >= 4 is 21.4 Å². The van der Waals surface area contributed by atoms with E-state index >= 15 is 0 Å². The lowest BCUT2D eigenvalue weighted by Crippen LogP contribution is -2.26. The van der Waals surface area contributed by atoms with Gasteiger partial charge < -0.3 is 5.32 Å². The number of nitrogens with one attached hydrogen (secondary N) is 2. The highest BCUT2D eigenvalue weighted by molar-refractivity contribution is 7.91. The van der Waals surface area contributed by atoms with Crippen molar-refractivity contribution in [3.8, 4) is 0 Å². The third-order valence-corrected chi connectivity index (χ3v) is 5.66. The van der Waals surface area contributed by atoms with E-state index in [0.717, 1.165) is 24.4 Å². The van der Waals surface area contributed by atoms with Gasteiger partial charge in [0.25, 0.3) is 0 Å². The molecule has 0 saturated carbocycles. The molecule has 1 aromatic heterocycles. The zero-order valence-corrected chi connectivity index (χ0v) is 13.7. The highest BCUT2D eigenvalue weighted by Gasteiger charge is 2.18. The van der Waals surface area contributed by atoms with Gasteiger partial charge in [0.2, 0.25) is 10.0 Å². The first kappa shape index (κ1) is 16.6. The molecule has 0 saturated heterocycles. The minimum absolute atomic E-state index is 0.133. The first-order valence-electron chi connectivity index (χ1n) is 6.54. The zero-order chi connectivity index (χ0) is 14.5. The van der Waals surface area contributed by atoms with Crippen molar-refractivity contribution in [2.24, 2.45) is 5.41 Å². The Morgan fingerprint density at radius 3 is 2.53 bits per heavy atom. The summed E-state index contributed by atoms with van der Waals surface area (Å²) >= 11 is 1.32. The SMILES string of the molecule is CCNCc1ccc(S(=O)(=O)NCCC(C)(C)C)s1. The fourth-order valence-corrected chi connectivity index (χ4v) is 3.88. The monoisotopic (exact) mass is 304 g/mol. The van der Waals surface area contributed by atoms with E-state index in [4.69, 9.17) is 0 Å². The van der Waals surface area contributed by atoms with Crippen molar-refractivity contribution < 1.29 is 8.42 Å². The van der Waals surface area contributed by atoms with Crippen LogP contribution in [0.5, 0.6) is 0 Å². The molecule has 0 bridgehead atoms. The van der Waals surface area contributed by atoms with Crippen LogP contribution in [0.2, 0.25) is 0 Å². The molecule has 0 aliphatic rings. The molecule has 6 heteroatoms. The fourth-order valence-electron chi connectivity index (χ4n) is 1.48. The summed E-state index contributed by atoms with van der Waals surface area (Å²) in [6.07, 6.45) is 0.821. The molecule has 0 aliphatic heterocycles. The first-order chi connectivity index (χ1) is 8.74. The van der Waals surface area contributed by atoms with Crippen molar-refractivity contribution in [1.29, 1.82) is 0 Å². The Morgan fingerprint density at radius 2 is 1.95 bits per heavy atom. The van der Waals surface area contributed by atoms with Crippen LogP contribution in [0.15, 0.2) is 16.3 Å². The Labute approximate surface area is 120 Å². The van der Waals surface area contributed by atoms with Gasteiger partial charge in [-0.3, -0.25) is 0 Å². The van der Waals surface area contributed by atoms with Gasteiger partial charge in [-0.1, -0.05) is 27.7 Å². The lowest BCUT2D eigenvalue weighted by atomic mass is 9.93. The summed E-state index contributed by atoms with van der Waals surface area (Å²) < 4.78 is 27.2. The minimum atomic E-state index is -3.35. The second-order valence-corrected chi connectivity index (χ2v) is 8.87. The van der Waals surface area contributed by atoms with Crippen LogP contribution in [-0.4, -0.2) is 21.5 Å². The van der Waals surface area contributed by atoms with E-state index in [2.05, 4.69) is 30.8 Å². The quantitative estimate of drug-likeness (QED) is 0.814. The average Bonchev–Trinajstić information content (AvgIpc) is 2.73. The standard InChI is InChI=1S/C13H24N2O2S2/c1-5-14-10-11-6-7-12(18-11)19(16,17)15-9-8-13(2,3)4/h6-7,14-15H,5,8-10H2,1-4H3. The van der Waals surface area contributed by atoms with Crippen LogP contribution in [0.1, 0.15) is 39.0 Å². The lowest BCUT2D eigenvalue weighted by molar-refractivity contribution is 0.378.